The van der Waals surface area contributed by atoms with Gasteiger partial charge >= 0.3 is 0 Å². The molecule has 0 unspecified atom stereocenters. The summed E-state index contributed by atoms with van der Waals surface area (Å²) < 4.78 is 0. The van der Waals surface area contributed by atoms with Crippen LogP contribution in [0.3, 0.4) is 0 Å². The van der Waals surface area contributed by atoms with Gasteiger partial charge < -0.3 is 0 Å². The molecule has 0 N–H and O–H groups in total. The lowest BCUT2D eigenvalue weighted by atomic mass is 9.98. The Labute approximate surface area is 126 Å². The van der Waals surface area contributed by atoms with Gasteiger partial charge in [-0.25, -0.2) is 0 Å². The van der Waals surface area contributed by atoms with Crippen molar-refractivity contribution in [1.29, 1.82) is 5.26 Å². The van der Waals surface area contributed by atoms with Crippen molar-refractivity contribution in [3.05, 3.63) is 52.2 Å². The van der Waals surface area contributed by atoms with Crippen LogP contribution >= 0.6 is 0 Å². The number of anilines is 1. The van der Waals surface area contributed by atoms with E-state index in [2.05, 4.69) is 12.6 Å². The van der Waals surface area contributed by atoms with E-state index < -0.39 is 0 Å². The maximum absolute atomic E-state index is 12.6. The van der Waals surface area contributed by atoms with Crippen molar-refractivity contribution in [2.75, 3.05) is 4.90 Å². The Morgan fingerprint density at radius 3 is 2.10 bits per heavy atom. The first-order valence-electron chi connectivity index (χ1n) is 7.05. The topological polar surface area (TPSA) is 44.1 Å². The highest BCUT2D eigenvalue weighted by molar-refractivity contribution is 6.16. The van der Waals surface area contributed by atoms with Crippen LogP contribution in [0.4, 0.5) is 5.69 Å². The fraction of sp³-hybridized carbons (Fsp3) is 0.333. The van der Waals surface area contributed by atoms with Gasteiger partial charge in [0.1, 0.15) is 11.6 Å². The zero-order valence-corrected chi connectivity index (χ0v) is 13.2. The molecular weight excluding hydrogens is 260 g/mol. The molecule has 0 saturated carbocycles. The van der Waals surface area contributed by atoms with E-state index in [-0.39, 0.29) is 17.4 Å². The molecular formula is C18H20N2O. The number of nitriles is 1. The first-order chi connectivity index (χ1) is 9.79. The van der Waals surface area contributed by atoms with E-state index in [0.29, 0.717) is 5.70 Å². The van der Waals surface area contributed by atoms with Gasteiger partial charge in [0.25, 0.3) is 5.91 Å². The minimum atomic E-state index is -0.263. The van der Waals surface area contributed by atoms with Gasteiger partial charge in [0.05, 0.1) is 5.69 Å². The zero-order valence-electron chi connectivity index (χ0n) is 13.2. The molecule has 0 fully saturated rings. The molecule has 108 valence electrons. The standard InChI is InChI=1S/C18H20N2O/c1-10(2)16-14(6)20(18(21)15(16)9-19)17-12(4)7-11(3)8-13(17)5/h7-8,10H,6H2,1-5H3. The highest BCUT2D eigenvalue weighted by Gasteiger charge is 2.37. The number of allylic oxidation sites excluding steroid dienone is 1. The summed E-state index contributed by atoms with van der Waals surface area (Å²) in [4.78, 5) is 14.2. The Hall–Kier alpha value is -2.34. The lowest BCUT2D eigenvalue weighted by Gasteiger charge is -2.24. The van der Waals surface area contributed by atoms with Crippen molar-refractivity contribution >= 4 is 11.6 Å². The number of benzene rings is 1. The molecule has 21 heavy (non-hydrogen) atoms. The van der Waals surface area contributed by atoms with Crippen LogP contribution in [0.5, 0.6) is 0 Å². The van der Waals surface area contributed by atoms with E-state index in [1.54, 1.807) is 4.90 Å². The largest absolute Gasteiger partial charge is 0.276 e. The minimum absolute atomic E-state index is 0.0900. The summed E-state index contributed by atoms with van der Waals surface area (Å²) in [6.07, 6.45) is 0. The molecule has 3 nitrogen and oxygen atoms in total. The summed E-state index contributed by atoms with van der Waals surface area (Å²) in [5, 5.41) is 9.32. The summed E-state index contributed by atoms with van der Waals surface area (Å²) in [5.74, 6) is -0.173. The highest BCUT2D eigenvalue weighted by atomic mass is 16.2. The van der Waals surface area contributed by atoms with E-state index >= 15 is 0 Å². The fourth-order valence-electron chi connectivity index (χ4n) is 3.11. The van der Waals surface area contributed by atoms with Crippen LogP contribution < -0.4 is 4.90 Å². The number of carbonyl (C=O) groups excluding carboxylic acids is 1. The van der Waals surface area contributed by atoms with Gasteiger partial charge in [-0.2, -0.15) is 5.26 Å². The summed E-state index contributed by atoms with van der Waals surface area (Å²) in [7, 11) is 0. The van der Waals surface area contributed by atoms with Gasteiger partial charge in [-0.3, -0.25) is 9.69 Å². The quantitative estimate of drug-likeness (QED) is 0.823. The number of hydrogen-bond donors (Lipinski definition) is 0. The first-order valence-corrected chi connectivity index (χ1v) is 7.05. The number of carbonyl (C=O) groups is 1. The second-order valence-corrected chi connectivity index (χ2v) is 5.89. The van der Waals surface area contributed by atoms with E-state index in [0.717, 1.165) is 28.0 Å². The number of amides is 1. The monoisotopic (exact) mass is 280 g/mol. The SMILES string of the molecule is C=C1C(C(C)C)=C(C#N)C(=O)N1c1c(C)cc(C)cc1C. The molecule has 3 heteroatoms. The number of hydrogen-bond acceptors (Lipinski definition) is 2. The third-order valence-corrected chi connectivity index (χ3v) is 3.82. The van der Waals surface area contributed by atoms with E-state index in [1.807, 2.05) is 46.8 Å². The predicted molar refractivity (Wildman–Crippen MR) is 84.8 cm³/mol. The smallest absolute Gasteiger partial charge is 0.273 e. The lowest BCUT2D eigenvalue weighted by molar-refractivity contribution is -0.113. The van der Waals surface area contributed by atoms with Crippen molar-refractivity contribution in [1.82, 2.24) is 0 Å². The molecule has 1 aromatic rings. The number of aryl methyl sites for hydroxylation is 3. The highest BCUT2D eigenvalue weighted by Crippen LogP contribution is 2.39. The Kier molecular flexibility index (Phi) is 3.74. The van der Waals surface area contributed by atoms with Crippen molar-refractivity contribution in [3.8, 4) is 6.07 Å². The Balaban J connectivity index is 2.63. The van der Waals surface area contributed by atoms with Crippen LogP contribution in [0, 0.1) is 38.0 Å². The number of nitrogens with zero attached hydrogens (tertiary/aromatic N) is 2. The Morgan fingerprint density at radius 2 is 1.71 bits per heavy atom. The minimum Gasteiger partial charge on any atom is -0.276 e. The molecule has 1 aromatic carbocycles. The van der Waals surface area contributed by atoms with Crippen LogP contribution in [-0.4, -0.2) is 5.91 Å². The molecule has 0 aliphatic carbocycles. The second kappa shape index (κ2) is 5.21. The molecule has 0 aromatic heterocycles. The van der Waals surface area contributed by atoms with Crippen molar-refractivity contribution in [2.45, 2.75) is 34.6 Å². The molecule has 1 amide bonds. The van der Waals surface area contributed by atoms with Crippen LogP contribution in [0.2, 0.25) is 0 Å². The van der Waals surface area contributed by atoms with Crippen LogP contribution in [0.1, 0.15) is 30.5 Å². The molecule has 1 aliphatic heterocycles. The molecule has 0 saturated heterocycles. The first kappa shape index (κ1) is 15.1. The van der Waals surface area contributed by atoms with Crippen molar-refractivity contribution < 1.29 is 4.79 Å². The molecule has 1 heterocycles. The zero-order chi connectivity index (χ0) is 15.9. The molecule has 0 spiro atoms. The van der Waals surface area contributed by atoms with Gasteiger partial charge in [-0.05, 0) is 37.8 Å². The summed E-state index contributed by atoms with van der Waals surface area (Å²) in [6, 6.07) is 6.14. The van der Waals surface area contributed by atoms with Gasteiger partial charge in [-0.15, -0.1) is 0 Å². The second-order valence-electron chi connectivity index (χ2n) is 5.89. The molecule has 2 rings (SSSR count). The average molecular weight is 280 g/mol. The third-order valence-electron chi connectivity index (χ3n) is 3.82. The summed E-state index contributed by atoms with van der Waals surface area (Å²) in [5.41, 5.74) is 5.63. The van der Waals surface area contributed by atoms with Crippen LogP contribution in [-0.2, 0) is 4.79 Å². The van der Waals surface area contributed by atoms with Gasteiger partial charge in [-0.1, -0.05) is 38.1 Å². The summed E-state index contributed by atoms with van der Waals surface area (Å²) in [6.45, 7) is 14.0. The van der Waals surface area contributed by atoms with E-state index in [1.165, 1.54) is 0 Å². The maximum Gasteiger partial charge on any atom is 0.273 e. The summed E-state index contributed by atoms with van der Waals surface area (Å²) >= 11 is 0. The van der Waals surface area contributed by atoms with Gasteiger partial charge in [0.15, 0.2) is 0 Å². The maximum atomic E-state index is 12.6. The number of rotatable bonds is 2. The Morgan fingerprint density at radius 1 is 1.19 bits per heavy atom. The average Bonchev–Trinajstić information content (AvgIpc) is 2.61. The van der Waals surface area contributed by atoms with Gasteiger partial charge in [0.2, 0.25) is 0 Å². The predicted octanol–water partition coefficient (Wildman–Crippen LogP) is 3.95. The van der Waals surface area contributed by atoms with Crippen LogP contribution in [0.15, 0.2) is 35.6 Å². The lowest BCUT2D eigenvalue weighted by Crippen LogP contribution is -2.26. The molecule has 1 aliphatic rings. The van der Waals surface area contributed by atoms with E-state index in [9.17, 15) is 10.1 Å². The third kappa shape index (κ3) is 2.27. The van der Waals surface area contributed by atoms with Gasteiger partial charge in [0, 0.05) is 11.3 Å². The molecule has 0 atom stereocenters. The van der Waals surface area contributed by atoms with E-state index in [4.69, 9.17) is 0 Å². The van der Waals surface area contributed by atoms with Crippen LogP contribution in [0.25, 0.3) is 0 Å². The van der Waals surface area contributed by atoms with Crippen molar-refractivity contribution in [3.63, 3.8) is 0 Å². The molecule has 0 radical (unpaired) electrons. The Bertz CT molecular complexity index is 694. The normalized spacial score (nSPS) is 15.2. The fourth-order valence-corrected chi connectivity index (χ4v) is 3.11. The van der Waals surface area contributed by atoms with Crippen molar-refractivity contribution in [2.24, 2.45) is 5.92 Å². The molecule has 0 bridgehead atoms.